The molecule has 4 heteroatoms. The Morgan fingerprint density at radius 1 is 1.62 bits per heavy atom. The van der Waals surface area contributed by atoms with Crippen LogP contribution < -0.4 is 11.1 Å². The molecule has 13 heavy (non-hydrogen) atoms. The van der Waals surface area contributed by atoms with E-state index in [4.69, 9.17) is 10.5 Å². The highest BCUT2D eigenvalue weighted by Crippen LogP contribution is 2.09. The van der Waals surface area contributed by atoms with Crippen LogP contribution in [-0.2, 0) is 9.53 Å². The maximum Gasteiger partial charge on any atom is 0.308 e. The van der Waals surface area contributed by atoms with Crippen LogP contribution in [0.1, 0.15) is 20.3 Å². The average molecular weight is 186 g/mol. The van der Waals surface area contributed by atoms with Crippen molar-refractivity contribution in [3.8, 4) is 0 Å². The fraction of sp³-hybridized carbons (Fsp3) is 0.889. The van der Waals surface area contributed by atoms with Crippen LogP contribution >= 0.6 is 0 Å². The van der Waals surface area contributed by atoms with Crippen molar-refractivity contribution in [1.82, 2.24) is 5.32 Å². The number of hydrogen-bond acceptors (Lipinski definition) is 4. The smallest absolute Gasteiger partial charge is 0.308 e. The normalized spacial score (nSPS) is 28.9. The first-order chi connectivity index (χ1) is 6.11. The lowest BCUT2D eigenvalue weighted by Crippen LogP contribution is -2.51. The molecule has 0 aliphatic carbocycles. The zero-order valence-corrected chi connectivity index (χ0v) is 8.25. The number of nitrogens with two attached hydrogens (primary N) is 1. The number of nitrogens with one attached hydrogen (secondary N) is 1. The molecule has 1 rings (SSSR count). The third kappa shape index (κ3) is 2.97. The summed E-state index contributed by atoms with van der Waals surface area (Å²) in [5, 5.41) is 3.15. The molecule has 1 fully saturated rings. The summed E-state index contributed by atoms with van der Waals surface area (Å²) in [6, 6.07) is -0.0588. The predicted octanol–water partition coefficient (Wildman–Crippen LogP) is -0.125. The van der Waals surface area contributed by atoms with Gasteiger partial charge in [0.1, 0.15) is 6.10 Å². The first kappa shape index (κ1) is 10.5. The Labute approximate surface area is 78.8 Å². The standard InChI is InChI=1S/C9H18N2O2/c1-6(2)9(12)13-8-3-4-11-5-7(8)10/h6-8,11H,3-5,10H2,1-2H3. The number of hydrogen-bond donors (Lipinski definition) is 2. The van der Waals surface area contributed by atoms with Crippen molar-refractivity contribution in [1.29, 1.82) is 0 Å². The van der Waals surface area contributed by atoms with Gasteiger partial charge >= 0.3 is 5.97 Å². The molecule has 2 unspecified atom stereocenters. The number of rotatable bonds is 2. The van der Waals surface area contributed by atoms with Crippen molar-refractivity contribution < 1.29 is 9.53 Å². The molecular formula is C9H18N2O2. The van der Waals surface area contributed by atoms with Gasteiger partial charge in [-0.2, -0.15) is 0 Å². The Morgan fingerprint density at radius 3 is 2.85 bits per heavy atom. The van der Waals surface area contributed by atoms with E-state index in [0.717, 1.165) is 19.5 Å². The Bertz CT molecular complexity index is 182. The molecule has 3 N–H and O–H groups in total. The van der Waals surface area contributed by atoms with Crippen LogP contribution in [0.4, 0.5) is 0 Å². The molecule has 0 aromatic carbocycles. The third-order valence-corrected chi connectivity index (χ3v) is 2.20. The summed E-state index contributed by atoms with van der Waals surface area (Å²) in [6.07, 6.45) is 0.718. The van der Waals surface area contributed by atoms with Gasteiger partial charge in [0.15, 0.2) is 0 Å². The van der Waals surface area contributed by atoms with Gasteiger partial charge in [-0.15, -0.1) is 0 Å². The monoisotopic (exact) mass is 186 g/mol. The van der Waals surface area contributed by atoms with Crippen molar-refractivity contribution in [3.05, 3.63) is 0 Å². The van der Waals surface area contributed by atoms with E-state index in [-0.39, 0.29) is 24.0 Å². The lowest BCUT2D eigenvalue weighted by Gasteiger charge is -2.29. The van der Waals surface area contributed by atoms with E-state index < -0.39 is 0 Å². The van der Waals surface area contributed by atoms with Crippen molar-refractivity contribution in [2.24, 2.45) is 11.7 Å². The highest BCUT2D eigenvalue weighted by Gasteiger charge is 2.25. The molecule has 1 aliphatic rings. The Balaban J connectivity index is 2.38. The Morgan fingerprint density at radius 2 is 2.31 bits per heavy atom. The van der Waals surface area contributed by atoms with Crippen LogP contribution in [0.25, 0.3) is 0 Å². The van der Waals surface area contributed by atoms with Gasteiger partial charge in [-0.05, 0) is 13.0 Å². The molecule has 2 atom stereocenters. The summed E-state index contributed by atoms with van der Waals surface area (Å²) in [5.74, 6) is -0.218. The first-order valence-electron chi connectivity index (χ1n) is 4.78. The Kier molecular flexibility index (Phi) is 3.69. The van der Waals surface area contributed by atoms with Crippen LogP contribution in [0.3, 0.4) is 0 Å². The molecule has 1 saturated heterocycles. The third-order valence-electron chi connectivity index (χ3n) is 2.20. The molecule has 0 saturated carbocycles. The summed E-state index contributed by atoms with van der Waals surface area (Å²) < 4.78 is 5.26. The summed E-state index contributed by atoms with van der Waals surface area (Å²) in [6.45, 7) is 5.27. The number of carbonyl (C=O) groups excluding carboxylic acids is 1. The molecule has 1 heterocycles. The van der Waals surface area contributed by atoms with Gasteiger partial charge in [0.05, 0.1) is 12.0 Å². The second-order valence-electron chi connectivity index (χ2n) is 3.79. The zero-order valence-electron chi connectivity index (χ0n) is 8.25. The summed E-state index contributed by atoms with van der Waals surface area (Å²) in [7, 11) is 0. The fourth-order valence-electron chi connectivity index (χ4n) is 1.29. The molecule has 0 spiro atoms. The minimum absolute atomic E-state index is 0.0588. The quantitative estimate of drug-likeness (QED) is 0.590. The van der Waals surface area contributed by atoms with E-state index >= 15 is 0 Å². The van der Waals surface area contributed by atoms with Gasteiger partial charge in [-0.3, -0.25) is 4.79 Å². The number of ether oxygens (including phenoxy) is 1. The first-order valence-corrected chi connectivity index (χ1v) is 4.78. The summed E-state index contributed by atoms with van der Waals surface area (Å²) >= 11 is 0. The van der Waals surface area contributed by atoms with Gasteiger partial charge in [0, 0.05) is 6.54 Å². The van der Waals surface area contributed by atoms with E-state index in [0.29, 0.717) is 0 Å². The van der Waals surface area contributed by atoms with Crippen LogP contribution in [0.2, 0.25) is 0 Å². The summed E-state index contributed by atoms with van der Waals surface area (Å²) in [5.41, 5.74) is 5.79. The van der Waals surface area contributed by atoms with Gasteiger partial charge in [0.2, 0.25) is 0 Å². The molecule has 1 aliphatic heterocycles. The minimum atomic E-state index is -0.151. The highest BCUT2D eigenvalue weighted by molar-refractivity contribution is 5.71. The molecular weight excluding hydrogens is 168 g/mol. The number of piperidine rings is 1. The molecule has 0 aromatic rings. The molecule has 0 bridgehead atoms. The lowest BCUT2D eigenvalue weighted by molar-refractivity contribution is -0.154. The van der Waals surface area contributed by atoms with Crippen LogP contribution in [0.5, 0.6) is 0 Å². The van der Waals surface area contributed by atoms with Gasteiger partial charge < -0.3 is 15.8 Å². The van der Waals surface area contributed by atoms with E-state index in [1.165, 1.54) is 0 Å². The molecule has 0 radical (unpaired) electrons. The predicted molar refractivity (Wildman–Crippen MR) is 50.2 cm³/mol. The van der Waals surface area contributed by atoms with Crippen LogP contribution in [0.15, 0.2) is 0 Å². The van der Waals surface area contributed by atoms with Crippen LogP contribution in [0, 0.1) is 5.92 Å². The summed E-state index contributed by atoms with van der Waals surface area (Å²) in [4.78, 5) is 11.3. The molecule has 4 nitrogen and oxygen atoms in total. The Hall–Kier alpha value is -0.610. The number of esters is 1. The maximum atomic E-state index is 11.3. The van der Waals surface area contributed by atoms with Crippen molar-refractivity contribution in [2.75, 3.05) is 13.1 Å². The topological polar surface area (TPSA) is 64.3 Å². The van der Waals surface area contributed by atoms with Gasteiger partial charge in [-0.1, -0.05) is 13.8 Å². The molecule has 76 valence electrons. The van der Waals surface area contributed by atoms with Crippen molar-refractivity contribution in [2.45, 2.75) is 32.4 Å². The fourth-order valence-corrected chi connectivity index (χ4v) is 1.29. The highest BCUT2D eigenvalue weighted by atomic mass is 16.5. The minimum Gasteiger partial charge on any atom is -0.460 e. The van der Waals surface area contributed by atoms with Crippen LogP contribution in [-0.4, -0.2) is 31.2 Å². The van der Waals surface area contributed by atoms with E-state index in [2.05, 4.69) is 5.32 Å². The molecule has 0 aromatic heterocycles. The number of carbonyl (C=O) groups is 1. The SMILES string of the molecule is CC(C)C(=O)OC1CCNCC1N. The largest absolute Gasteiger partial charge is 0.460 e. The van der Waals surface area contributed by atoms with Gasteiger partial charge in [-0.25, -0.2) is 0 Å². The van der Waals surface area contributed by atoms with Crippen molar-refractivity contribution in [3.63, 3.8) is 0 Å². The van der Waals surface area contributed by atoms with E-state index in [1.54, 1.807) is 0 Å². The second-order valence-corrected chi connectivity index (χ2v) is 3.79. The molecule has 0 amide bonds. The zero-order chi connectivity index (χ0) is 9.84. The van der Waals surface area contributed by atoms with Gasteiger partial charge in [0.25, 0.3) is 0 Å². The second kappa shape index (κ2) is 4.58. The van der Waals surface area contributed by atoms with E-state index in [1.807, 2.05) is 13.8 Å². The maximum absolute atomic E-state index is 11.3. The van der Waals surface area contributed by atoms with Crippen molar-refractivity contribution >= 4 is 5.97 Å². The average Bonchev–Trinajstić information content (AvgIpc) is 2.08. The van der Waals surface area contributed by atoms with E-state index in [9.17, 15) is 4.79 Å². The lowest BCUT2D eigenvalue weighted by atomic mass is 10.0.